The lowest BCUT2D eigenvalue weighted by atomic mass is 10.1. The van der Waals surface area contributed by atoms with Gasteiger partial charge in [-0.25, -0.2) is 0 Å². The van der Waals surface area contributed by atoms with Gasteiger partial charge in [0, 0.05) is 46.1 Å². The Balaban J connectivity index is 1.52. The van der Waals surface area contributed by atoms with E-state index in [9.17, 15) is 4.79 Å². The molecule has 5 heteroatoms. The van der Waals surface area contributed by atoms with E-state index in [1.165, 1.54) is 0 Å². The number of carbonyl (C=O) groups is 1. The van der Waals surface area contributed by atoms with Gasteiger partial charge in [-0.3, -0.25) is 9.78 Å². The molecular formula is C21H19ClN2OS. The third kappa shape index (κ3) is 5.61. The van der Waals surface area contributed by atoms with Crippen molar-refractivity contribution >= 4 is 29.3 Å². The van der Waals surface area contributed by atoms with Crippen LogP contribution in [0.5, 0.6) is 0 Å². The van der Waals surface area contributed by atoms with Crippen LogP contribution in [0.4, 0.5) is 0 Å². The predicted molar refractivity (Wildman–Crippen MR) is 108 cm³/mol. The van der Waals surface area contributed by atoms with Gasteiger partial charge in [0.25, 0.3) is 5.91 Å². The Kier molecular flexibility index (Phi) is 6.69. The molecule has 0 aliphatic heterocycles. The third-order valence-corrected chi connectivity index (χ3v) is 5.14. The minimum absolute atomic E-state index is 0.0562. The monoisotopic (exact) mass is 382 g/mol. The number of carbonyl (C=O) groups excluding carboxylic acids is 1. The Hall–Kier alpha value is -2.30. The zero-order valence-electron chi connectivity index (χ0n) is 14.2. The van der Waals surface area contributed by atoms with Gasteiger partial charge in [0.2, 0.25) is 0 Å². The first-order valence-electron chi connectivity index (χ1n) is 8.36. The normalized spacial score (nSPS) is 10.5. The van der Waals surface area contributed by atoms with E-state index in [4.69, 9.17) is 11.6 Å². The van der Waals surface area contributed by atoms with E-state index in [1.807, 2.05) is 66.7 Å². The number of thioether (sulfide) groups is 1. The molecule has 0 unspecified atom stereocenters. The van der Waals surface area contributed by atoms with Crippen molar-refractivity contribution in [2.75, 3.05) is 6.54 Å². The number of halogens is 1. The Morgan fingerprint density at radius 2 is 1.88 bits per heavy atom. The van der Waals surface area contributed by atoms with E-state index in [1.54, 1.807) is 18.0 Å². The van der Waals surface area contributed by atoms with Gasteiger partial charge in [0.05, 0.1) is 0 Å². The van der Waals surface area contributed by atoms with Crippen LogP contribution in [0, 0.1) is 0 Å². The molecule has 0 saturated heterocycles. The average molecular weight is 383 g/mol. The first-order valence-corrected chi connectivity index (χ1v) is 9.72. The fraction of sp³-hybridized carbons (Fsp3) is 0.143. The maximum atomic E-state index is 12.3. The minimum Gasteiger partial charge on any atom is -0.352 e. The fourth-order valence-electron chi connectivity index (χ4n) is 2.45. The van der Waals surface area contributed by atoms with Crippen LogP contribution in [0.25, 0.3) is 0 Å². The summed E-state index contributed by atoms with van der Waals surface area (Å²) in [5.74, 6) is 0.746. The van der Waals surface area contributed by atoms with Crippen molar-refractivity contribution in [3.63, 3.8) is 0 Å². The zero-order valence-corrected chi connectivity index (χ0v) is 15.8. The summed E-state index contributed by atoms with van der Waals surface area (Å²) in [6.07, 6.45) is 2.48. The van der Waals surface area contributed by atoms with E-state index >= 15 is 0 Å². The molecule has 26 heavy (non-hydrogen) atoms. The molecule has 0 saturated carbocycles. The van der Waals surface area contributed by atoms with Crippen LogP contribution in [0.2, 0.25) is 5.02 Å². The summed E-state index contributed by atoms with van der Waals surface area (Å²) in [5, 5.41) is 3.69. The summed E-state index contributed by atoms with van der Waals surface area (Å²) in [7, 11) is 0. The Morgan fingerprint density at radius 3 is 2.65 bits per heavy atom. The van der Waals surface area contributed by atoms with Gasteiger partial charge >= 0.3 is 0 Å². The molecule has 3 nitrogen and oxygen atoms in total. The number of nitrogens with zero attached hydrogens (tertiary/aromatic N) is 1. The molecule has 1 heterocycles. The van der Waals surface area contributed by atoms with Crippen LogP contribution in [-0.4, -0.2) is 17.4 Å². The van der Waals surface area contributed by atoms with Crippen molar-refractivity contribution in [2.24, 2.45) is 0 Å². The number of hydrogen-bond donors (Lipinski definition) is 1. The van der Waals surface area contributed by atoms with Crippen molar-refractivity contribution in [3.8, 4) is 0 Å². The standard InChI is InChI=1S/C21H19ClN2OS/c22-18-7-9-20(10-8-18)26-15-16-4-3-5-17(14-16)21(25)24-13-11-19-6-1-2-12-23-19/h1-10,12,14H,11,13,15H2,(H,24,25). The molecule has 0 aliphatic carbocycles. The van der Waals surface area contributed by atoms with Gasteiger partial charge in [-0.1, -0.05) is 29.8 Å². The molecule has 1 amide bonds. The SMILES string of the molecule is O=C(NCCc1ccccn1)c1cccc(CSc2ccc(Cl)cc2)c1. The maximum absolute atomic E-state index is 12.3. The number of nitrogens with one attached hydrogen (secondary N) is 1. The van der Waals surface area contributed by atoms with Crippen LogP contribution < -0.4 is 5.32 Å². The van der Waals surface area contributed by atoms with E-state index in [0.717, 1.165) is 33.3 Å². The van der Waals surface area contributed by atoms with Gasteiger partial charge in [-0.2, -0.15) is 0 Å². The summed E-state index contributed by atoms with van der Waals surface area (Å²) in [6, 6.07) is 21.3. The van der Waals surface area contributed by atoms with E-state index in [2.05, 4.69) is 10.3 Å². The number of rotatable bonds is 7. The van der Waals surface area contributed by atoms with E-state index in [0.29, 0.717) is 12.1 Å². The smallest absolute Gasteiger partial charge is 0.251 e. The molecule has 3 rings (SSSR count). The highest BCUT2D eigenvalue weighted by atomic mass is 35.5. The summed E-state index contributed by atoms with van der Waals surface area (Å²) in [5.41, 5.74) is 2.77. The summed E-state index contributed by atoms with van der Waals surface area (Å²) >= 11 is 7.63. The lowest BCUT2D eigenvalue weighted by Crippen LogP contribution is -2.25. The molecule has 0 spiro atoms. The summed E-state index contributed by atoms with van der Waals surface area (Å²) < 4.78 is 0. The van der Waals surface area contributed by atoms with Crippen molar-refractivity contribution in [3.05, 3.63) is 94.8 Å². The van der Waals surface area contributed by atoms with Crippen LogP contribution in [-0.2, 0) is 12.2 Å². The predicted octanol–water partition coefficient (Wildman–Crippen LogP) is 5.00. The highest BCUT2D eigenvalue weighted by Crippen LogP contribution is 2.24. The van der Waals surface area contributed by atoms with Crippen molar-refractivity contribution in [1.29, 1.82) is 0 Å². The van der Waals surface area contributed by atoms with Crippen molar-refractivity contribution < 1.29 is 4.79 Å². The van der Waals surface area contributed by atoms with E-state index < -0.39 is 0 Å². The second-order valence-electron chi connectivity index (χ2n) is 5.77. The molecule has 2 aromatic carbocycles. The lowest BCUT2D eigenvalue weighted by molar-refractivity contribution is 0.0954. The average Bonchev–Trinajstić information content (AvgIpc) is 2.68. The zero-order chi connectivity index (χ0) is 18.2. The third-order valence-electron chi connectivity index (χ3n) is 3.80. The Bertz CT molecular complexity index is 853. The number of pyridine rings is 1. The molecule has 0 fully saturated rings. The summed E-state index contributed by atoms with van der Waals surface area (Å²) in [6.45, 7) is 0.569. The Labute approximate surface area is 162 Å². The van der Waals surface area contributed by atoms with Gasteiger partial charge in [-0.05, 0) is 54.1 Å². The minimum atomic E-state index is -0.0562. The molecule has 0 bridgehead atoms. The van der Waals surface area contributed by atoms with Gasteiger partial charge in [-0.15, -0.1) is 11.8 Å². The van der Waals surface area contributed by atoms with E-state index in [-0.39, 0.29) is 5.91 Å². The molecular weight excluding hydrogens is 364 g/mol. The number of aromatic nitrogens is 1. The number of hydrogen-bond acceptors (Lipinski definition) is 3. The number of benzene rings is 2. The second-order valence-corrected chi connectivity index (χ2v) is 7.26. The molecule has 132 valence electrons. The van der Waals surface area contributed by atoms with Crippen LogP contribution in [0.15, 0.2) is 77.8 Å². The second kappa shape index (κ2) is 9.41. The quantitative estimate of drug-likeness (QED) is 0.584. The first kappa shape index (κ1) is 18.5. The molecule has 3 aromatic rings. The van der Waals surface area contributed by atoms with Crippen LogP contribution in [0.3, 0.4) is 0 Å². The maximum Gasteiger partial charge on any atom is 0.251 e. The molecule has 1 aromatic heterocycles. The van der Waals surface area contributed by atoms with Gasteiger partial charge < -0.3 is 5.32 Å². The van der Waals surface area contributed by atoms with Crippen molar-refractivity contribution in [1.82, 2.24) is 10.3 Å². The molecule has 0 atom stereocenters. The van der Waals surface area contributed by atoms with Gasteiger partial charge in [0.15, 0.2) is 0 Å². The number of amides is 1. The van der Waals surface area contributed by atoms with Gasteiger partial charge in [0.1, 0.15) is 0 Å². The highest BCUT2D eigenvalue weighted by Gasteiger charge is 2.06. The topological polar surface area (TPSA) is 42.0 Å². The molecule has 0 radical (unpaired) electrons. The molecule has 0 aliphatic rings. The lowest BCUT2D eigenvalue weighted by Gasteiger charge is -2.07. The van der Waals surface area contributed by atoms with Crippen LogP contribution in [0.1, 0.15) is 21.6 Å². The molecule has 1 N–H and O–H groups in total. The fourth-order valence-corrected chi connectivity index (χ4v) is 3.42. The first-order chi connectivity index (χ1) is 12.7. The largest absolute Gasteiger partial charge is 0.352 e. The van der Waals surface area contributed by atoms with Crippen LogP contribution >= 0.6 is 23.4 Å². The van der Waals surface area contributed by atoms with Crippen molar-refractivity contribution in [2.45, 2.75) is 17.1 Å². The summed E-state index contributed by atoms with van der Waals surface area (Å²) in [4.78, 5) is 17.8. The Morgan fingerprint density at radius 1 is 1.04 bits per heavy atom. The highest BCUT2D eigenvalue weighted by molar-refractivity contribution is 7.98.